The number of nitrogens with zero attached hydrogens (tertiary/aromatic N) is 3. The number of aliphatic hydroxyl groups excluding tert-OH is 1. The molecule has 0 aliphatic carbocycles. The summed E-state index contributed by atoms with van der Waals surface area (Å²) in [6.45, 7) is 0.0125. The third-order valence-electron chi connectivity index (χ3n) is 2.40. The molecule has 1 aromatic heterocycles. The van der Waals surface area contributed by atoms with Crippen LogP contribution in [0.15, 0.2) is 36.5 Å². The minimum absolute atomic E-state index is 0.0125. The van der Waals surface area contributed by atoms with Gasteiger partial charge in [-0.05, 0) is 18.6 Å². The Morgan fingerprint density at radius 2 is 2.06 bits per heavy atom. The van der Waals surface area contributed by atoms with Gasteiger partial charge in [-0.3, -0.25) is 4.79 Å². The van der Waals surface area contributed by atoms with E-state index < -0.39 is 0 Å². The zero-order valence-corrected chi connectivity index (χ0v) is 9.28. The quantitative estimate of drug-likeness (QED) is 0.786. The van der Waals surface area contributed by atoms with Crippen LogP contribution in [0.5, 0.6) is 0 Å². The van der Waals surface area contributed by atoms with Gasteiger partial charge in [0.15, 0.2) is 5.78 Å². The molecule has 0 spiro atoms. The minimum Gasteiger partial charge on any atom is -0.396 e. The van der Waals surface area contributed by atoms with E-state index in [0.29, 0.717) is 18.5 Å². The van der Waals surface area contributed by atoms with Gasteiger partial charge in [0.1, 0.15) is 5.69 Å². The first-order valence-corrected chi connectivity index (χ1v) is 5.43. The molecule has 0 fully saturated rings. The Labute approximate surface area is 98.7 Å². The van der Waals surface area contributed by atoms with Crippen LogP contribution in [0.4, 0.5) is 0 Å². The summed E-state index contributed by atoms with van der Waals surface area (Å²) >= 11 is 0. The molecule has 1 heterocycles. The van der Waals surface area contributed by atoms with Crippen LogP contribution in [0.25, 0.3) is 5.69 Å². The summed E-state index contributed by atoms with van der Waals surface area (Å²) in [6.07, 6.45) is 2.21. The molecule has 88 valence electrons. The summed E-state index contributed by atoms with van der Waals surface area (Å²) in [5.74, 6) is -0.0621. The molecular weight excluding hydrogens is 218 g/mol. The highest BCUT2D eigenvalue weighted by Crippen LogP contribution is 2.11. The third-order valence-corrected chi connectivity index (χ3v) is 2.40. The maximum absolute atomic E-state index is 11.8. The number of rotatable bonds is 5. The molecule has 0 saturated carbocycles. The number of aromatic nitrogens is 3. The second kappa shape index (κ2) is 5.36. The number of hydrogen-bond donors (Lipinski definition) is 1. The van der Waals surface area contributed by atoms with Gasteiger partial charge in [0.05, 0.1) is 11.9 Å². The normalized spacial score (nSPS) is 10.4. The molecule has 0 unspecified atom stereocenters. The number of carbonyl (C=O) groups excluding carboxylic acids is 1. The fourth-order valence-electron chi connectivity index (χ4n) is 1.55. The van der Waals surface area contributed by atoms with E-state index in [2.05, 4.69) is 10.3 Å². The molecule has 0 saturated heterocycles. The van der Waals surface area contributed by atoms with Crippen molar-refractivity contribution in [3.8, 4) is 5.69 Å². The lowest BCUT2D eigenvalue weighted by atomic mass is 10.2. The van der Waals surface area contributed by atoms with Gasteiger partial charge < -0.3 is 5.11 Å². The first-order valence-electron chi connectivity index (χ1n) is 5.43. The zero-order valence-electron chi connectivity index (χ0n) is 9.28. The summed E-state index contributed by atoms with van der Waals surface area (Å²) in [5.41, 5.74) is 1.25. The number of benzene rings is 1. The lowest BCUT2D eigenvalue weighted by molar-refractivity contribution is 0.0963. The summed E-state index contributed by atoms with van der Waals surface area (Å²) in [6, 6.07) is 9.36. The van der Waals surface area contributed by atoms with Crippen LogP contribution in [-0.4, -0.2) is 32.5 Å². The minimum atomic E-state index is -0.0621. The Bertz CT molecular complexity index is 493. The fraction of sp³-hybridized carbons (Fsp3) is 0.250. The first-order chi connectivity index (χ1) is 8.33. The largest absolute Gasteiger partial charge is 0.396 e. The van der Waals surface area contributed by atoms with Crippen molar-refractivity contribution in [2.75, 3.05) is 6.61 Å². The van der Waals surface area contributed by atoms with Gasteiger partial charge in [0.25, 0.3) is 0 Å². The highest BCUT2D eigenvalue weighted by atomic mass is 16.3. The summed E-state index contributed by atoms with van der Waals surface area (Å²) < 4.78 is 1.51. The molecule has 0 amide bonds. The SMILES string of the molecule is O=C(CCCO)c1cnnn1-c1ccccc1. The molecule has 2 rings (SSSR count). The van der Waals surface area contributed by atoms with E-state index in [0.717, 1.165) is 5.69 Å². The molecule has 17 heavy (non-hydrogen) atoms. The molecule has 0 aliphatic heterocycles. The molecule has 5 nitrogen and oxygen atoms in total. The average molecular weight is 231 g/mol. The van der Waals surface area contributed by atoms with Gasteiger partial charge in [0.2, 0.25) is 0 Å². The molecule has 2 aromatic rings. The standard InChI is InChI=1S/C12H13N3O2/c16-8-4-7-12(17)11-9-13-14-15(11)10-5-2-1-3-6-10/h1-3,5-6,9,16H,4,7-8H2. The number of hydrogen-bond acceptors (Lipinski definition) is 4. The van der Waals surface area contributed by atoms with Crippen molar-refractivity contribution in [3.05, 3.63) is 42.2 Å². The van der Waals surface area contributed by atoms with E-state index in [4.69, 9.17) is 5.11 Å². The fourth-order valence-corrected chi connectivity index (χ4v) is 1.55. The zero-order chi connectivity index (χ0) is 12.1. The number of Topliss-reactive ketones (excluding diaryl/α,β-unsaturated/α-hetero) is 1. The lowest BCUT2D eigenvalue weighted by Gasteiger charge is -2.04. The van der Waals surface area contributed by atoms with Crippen molar-refractivity contribution >= 4 is 5.78 Å². The Morgan fingerprint density at radius 3 is 2.76 bits per heavy atom. The molecule has 0 radical (unpaired) electrons. The van der Waals surface area contributed by atoms with Crippen molar-refractivity contribution in [2.45, 2.75) is 12.8 Å². The summed E-state index contributed by atoms with van der Waals surface area (Å²) in [7, 11) is 0. The van der Waals surface area contributed by atoms with Crippen LogP contribution in [0.3, 0.4) is 0 Å². The lowest BCUT2D eigenvalue weighted by Crippen LogP contribution is -2.09. The van der Waals surface area contributed by atoms with Crippen molar-refractivity contribution < 1.29 is 9.90 Å². The molecule has 1 N–H and O–H groups in total. The Kier molecular flexibility index (Phi) is 3.62. The molecule has 0 aliphatic rings. The number of ketones is 1. The Balaban J connectivity index is 2.26. The number of aliphatic hydroxyl groups is 1. The van der Waals surface area contributed by atoms with Crippen LogP contribution in [-0.2, 0) is 0 Å². The van der Waals surface area contributed by atoms with Gasteiger partial charge in [0, 0.05) is 13.0 Å². The van der Waals surface area contributed by atoms with E-state index in [-0.39, 0.29) is 12.4 Å². The van der Waals surface area contributed by atoms with Gasteiger partial charge >= 0.3 is 0 Å². The van der Waals surface area contributed by atoms with Gasteiger partial charge in [-0.2, -0.15) is 0 Å². The maximum Gasteiger partial charge on any atom is 0.183 e. The molecule has 0 bridgehead atoms. The van der Waals surface area contributed by atoms with Gasteiger partial charge in [-0.15, -0.1) is 5.10 Å². The van der Waals surface area contributed by atoms with E-state index in [1.165, 1.54) is 10.9 Å². The summed E-state index contributed by atoms with van der Waals surface area (Å²) in [5, 5.41) is 16.4. The van der Waals surface area contributed by atoms with E-state index in [1.54, 1.807) is 0 Å². The monoisotopic (exact) mass is 231 g/mol. The second-order valence-corrected chi connectivity index (χ2v) is 3.62. The van der Waals surface area contributed by atoms with Crippen molar-refractivity contribution in [1.29, 1.82) is 0 Å². The molecule has 0 atom stereocenters. The molecular formula is C12H13N3O2. The highest BCUT2D eigenvalue weighted by Gasteiger charge is 2.13. The van der Waals surface area contributed by atoms with E-state index >= 15 is 0 Å². The number of para-hydroxylation sites is 1. The predicted octanol–water partition coefficient (Wildman–Crippen LogP) is 1.22. The Hall–Kier alpha value is -2.01. The van der Waals surface area contributed by atoms with Crippen LogP contribution in [0, 0.1) is 0 Å². The molecule has 5 heteroatoms. The van der Waals surface area contributed by atoms with Crippen molar-refractivity contribution in [1.82, 2.24) is 15.0 Å². The van der Waals surface area contributed by atoms with Crippen molar-refractivity contribution in [2.24, 2.45) is 0 Å². The highest BCUT2D eigenvalue weighted by molar-refractivity contribution is 5.94. The maximum atomic E-state index is 11.8. The van der Waals surface area contributed by atoms with Crippen LogP contribution >= 0.6 is 0 Å². The van der Waals surface area contributed by atoms with Crippen LogP contribution in [0.1, 0.15) is 23.3 Å². The van der Waals surface area contributed by atoms with Crippen molar-refractivity contribution in [3.63, 3.8) is 0 Å². The third kappa shape index (κ3) is 2.57. The second-order valence-electron chi connectivity index (χ2n) is 3.62. The van der Waals surface area contributed by atoms with E-state index in [1.807, 2.05) is 30.3 Å². The van der Waals surface area contributed by atoms with Crippen LogP contribution in [0.2, 0.25) is 0 Å². The predicted molar refractivity (Wildman–Crippen MR) is 62.0 cm³/mol. The summed E-state index contributed by atoms with van der Waals surface area (Å²) in [4.78, 5) is 11.8. The number of carbonyl (C=O) groups is 1. The van der Waals surface area contributed by atoms with Gasteiger partial charge in [-0.25, -0.2) is 4.68 Å². The first kappa shape index (κ1) is 11.5. The van der Waals surface area contributed by atoms with Gasteiger partial charge in [-0.1, -0.05) is 23.4 Å². The average Bonchev–Trinajstić information content (AvgIpc) is 2.86. The molecule has 1 aromatic carbocycles. The smallest absolute Gasteiger partial charge is 0.183 e. The van der Waals surface area contributed by atoms with Crippen LogP contribution < -0.4 is 0 Å². The Morgan fingerprint density at radius 1 is 1.29 bits per heavy atom. The topological polar surface area (TPSA) is 68.0 Å². The van der Waals surface area contributed by atoms with E-state index in [9.17, 15) is 4.79 Å².